The largest absolute Gasteiger partial charge is 0.508 e. The van der Waals surface area contributed by atoms with Crippen molar-refractivity contribution in [3.63, 3.8) is 0 Å². The molecule has 0 aliphatic rings. The second-order valence-corrected chi connectivity index (χ2v) is 6.34. The van der Waals surface area contributed by atoms with Gasteiger partial charge in [0.05, 0.1) is 12.9 Å². The number of thioether (sulfide) groups is 1. The normalized spacial score (nSPS) is 10.8. The van der Waals surface area contributed by atoms with E-state index in [1.54, 1.807) is 30.8 Å². The summed E-state index contributed by atoms with van der Waals surface area (Å²) >= 11 is 1.04. The summed E-state index contributed by atoms with van der Waals surface area (Å²) in [5.74, 6) is -0.337. The Morgan fingerprint density at radius 2 is 2.04 bits per heavy atom. The highest BCUT2D eigenvalue weighted by Crippen LogP contribution is 2.29. The van der Waals surface area contributed by atoms with E-state index >= 15 is 0 Å². The third-order valence-corrected chi connectivity index (χ3v) is 4.28. The third kappa shape index (κ3) is 4.39. The number of quaternary nitrogens is 1. The third-order valence-electron chi connectivity index (χ3n) is 3.45. The zero-order valence-corrected chi connectivity index (χ0v) is 14.7. The van der Waals surface area contributed by atoms with Crippen molar-refractivity contribution in [3.05, 3.63) is 42.5 Å². The van der Waals surface area contributed by atoms with Crippen LogP contribution in [0.4, 0.5) is 5.69 Å². The van der Waals surface area contributed by atoms with Crippen molar-refractivity contribution in [2.24, 2.45) is 0 Å². The quantitative estimate of drug-likeness (QED) is 0.283. The van der Waals surface area contributed by atoms with E-state index in [0.29, 0.717) is 11.0 Å². The van der Waals surface area contributed by atoms with Crippen molar-refractivity contribution < 1.29 is 25.3 Å². The lowest BCUT2D eigenvalue weighted by atomic mass is 10.0. The maximum Gasteiger partial charge on any atom is 0.313 e. The fraction of sp³-hybridized carbons (Fsp3) is 0.118. The molecular formula is C17H17N4O4S+. The highest BCUT2D eigenvalue weighted by molar-refractivity contribution is 7.99. The molecule has 0 spiro atoms. The number of carbonyl (C=O) groups is 1. The molecule has 0 saturated heterocycles. The number of benzene rings is 2. The number of nitrogens with one attached hydrogen (secondary N) is 1. The average molecular weight is 373 g/mol. The molecule has 5 N–H and O–H groups in total. The van der Waals surface area contributed by atoms with Gasteiger partial charge in [-0.3, -0.25) is 9.89 Å². The van der Waals surface area contributed by atoms with Gasteiger partial charge in [0.25, 0.3) is 0 Å². The van der Waals surface area contributed by atoms with Crippen molar-refractivity contribution in [3.8, 4) is 28.3 Å². The smallest absolute Gasteiger partial charge is 0.313 e. The van der Waals surface area contributed by atoms with Crippen LogP contribution in [0.5, 0.6) is 5.75 Å². The molecule has 0 bridgehead atoms. The summed E-state index contributed by atoms with van der Waals surface area (Å²) in [4.78, 5) is 20.1. The first-order valence-electron chi connectivity index (χ1n) is 7.63. The predicted octanol–water partition coefficient (Wildman–Crippen LogP) is 1.78. The lowest BCUT2D eigenvalue weighted by molar-refractivity contribution is -0.830. The first-order valence-corrected chi connectivity index (χ1v) is 8.61. The highest BCUT2D eigenvalue weighted by atomic mass is 32.2. The SMILES string of the molecule is CO[NH2+]c1cc(-c2cccc(O)c2)cc(-c2nc(SCC(=O)O)n[nH]2)c1. The van der Waals surface area contributed by atoms with Crippen LogP contribution in [0.15, 0.2) is 47.6 Å². The topological polar surface area (TPSA) is 125 Å². The number of hydrogen-bond donors (Lipinski definition) is 4. The molecule has 26 heavy (non-hydrogen) atoms. The second kappa shape index (κ2) is 8.00. The van der Waals surface area contributed by atoms with Crippen molar-refractivity contribution in [1.82, 2.24) is 15.2 Å². The minimum Gasteiger partial charge on any atom is -0.508 e. The molecule has 8 nitrogen and oxygen atoms in total. The standard InChI is InChI=1S/C17H16N4O4S/c1-25-21-13-6-11(10-3-2-4-14(22)8-10)5-12(7-13)16-18-17(20-19-16)26-9-15(23)24/h2-8,21-22H,9H2,1H3,(H,23,24)(H,18,19,20)/p+1. The Balaban J connectivity index is 1.97. The van der Waals surface area contributed by atoms with Crippen LogP contribution in [0.3, 0.4) is 0 Å². The lowest BCUT2D eigenvalue weighted by Crippen LogP contribution is -2.75. The van der Waals surface area contributed by atoms with Gasteiger partial charge in [0.15, 0.2) is 11.5 Å². The predicted molar refractivity (Wildman–Crippen MR) is 95.9 cm³/mol. The summed E-state index contributed by atoms with van der Waals surface area (Å²) < 4.78 is 0. The maximum atomic E-state index is 10.7. The number of carboxylic acid groups (broad SMARTS) is 1. The van der Waals surface area contributed by atoms with E-state index in [0.717, 1.165) is 34.1 Å². The first kappa shape index (κ1) is 17.9. The number of aliphatic carboxylic acids is 1. The van der Waals surface area contributed by atoms with Crippen LogP contribution in [-0.4, -0.2) is 44.2 Å². The van der Waals surface area contributed by atoms with Gasteiger partial charge in [-0.25, -0.2) is 9.82 Å². The van der Waals surface area contributed by atoms with Crippen LogP contribution in [0.25, 0.3) is 22.5 Å². The average Bonchev–Trinajstić information content (AvgIpc) is 3.09. The van der Waals surface area contributed by atoms with E-state index in [1.807, 2.05) is 24.3 Å². The number of phenolic OH excluding ortho intramolecular Hbond substituents is 1. The molecule has 9 heteroatoms. The molecule has 134 valence electrons. The maximum absolute atomic E-state index is 10.7. The van der Waals surface area contributed by atoms with Gasteiger partial charge in [-0.05, 0) is 29.3 Å². The number of nitrogens with two attached hydrogens (primary N) is 1. The molecule has 3 rings (SSSR count). The number of H-pyrrole nitrogens is 1. The summed E-state index contributed by atoms with van der Waals surface area (Å²) in [6, 6.07) is 12.7. The first-order chi connectivity index (χ1) is 12.5. The molecule has 1 heterocycles. The number of hydrogen-bond acceptors (Lipinski definition) is 6. The van der Waals surface area contributed by atoms with E-state index in [9.17, 15) is 9.90 Å². The lowest BCUT2D eigenvalue weighted by Gasteiger charge is -2.07. The van der Waals surface area contributed by atoms with Gasteiger partial charge in [0.1, 0.15) is 5.75 Å². The number of rotatable bonds is 7. The van der Waals surface area contributed by atoms with Gasteiger partial charge in [-0.2, -0.15) is 5.48 Å². The van der Waals surface area contributed by atoms with Gasteiger partial charge in [-0.1, -0.05) is 23.9 Å². The minimum absolute atomic E-state index is 0.108. The molecule has 0 unspecified atom stereocenters. The van der Waals surface area contributed by atoms with E-state index in [-0.39, 0.29) is 11.5 Å². The van der Waals surface area contributed by atoms with Crippen LogP contribution < -0.4 is 5.48 Å². The summed E-state index contributed by atoms with van der Waals surface area (Å²) in [6.07, 6.45) is 0. The Labute approximate surface area is 153 Å². The van der Waals surface area contributed by atoms with Crippen LogP contribution >= 0.6 is 11.8 Å². The number of nitrogens with zero attached hydrogens (tertiary/aromatic N) is 2. The number of aromatic nitrogens is 3. The van der Waals surface area contributed by atoms with Gasteiger partial charge in [0, 0.05) is 17.7 Å². The number of phenols is 1. The van der Waals surface area contributed by atoms with E-state index < -0.39 is 5.97 Å². The molecular weight excluding hydrogens is 356 g/mol. The van der Waals surface area contributed by atoms with Gasteiger partial charge < -0.3 is 10.2 Å². The molecule has 2 aromatic carbocycles. The number of aromatic hydroxyl groups is 1. The van der Waals surface area contributed by atoms with Crippen LogP contribution in [0, 0.1) is 0 Å². The minimum atomic E-state index is -0.927. The Morgan fingerprint density at radius 1 is 1.23 bits per heavy atom. The Bertz CT molecular complexity index is 929. The molecule has 0 saturated carbocycles. The van der Waals surface area contributed by atoms with Crippen LogP contribution in [0.2, 0.25) is 0 Å². The molecule has 1 aromatic heterocycles. The van der Waals surface area contributed by atoms with Gasteiger partial charge in [0.2, 0.25) is 5.16 Å². The fourth-order valence-corrected chi connectivity index (χ4v) is 2.93. The molecule has 0 aliphatic heterocycles. The zero-order valence-electron chi connectivity index (χ0n) is 13.8. The summed E-state index contributed by atoms with van der Waals surface area (Å²) in [7, 11) is 1.57. The van der Waals surface area contributed by atoms with Crippen molar-refractivity contribution in [2.45, 2.75) is 5.16 Å². The van der Waals surface area contributed by atoms with Crippen LogP contribution in [0.1, 0.15) is 0 Å². The summed E-state index contributed by atoms with van der Waals surface area (Å²) in [5, 5.41) is 25.7. The molecule has 0 amide bonds. The Morgan fingerprint density at radius 3 is 2.77 bits per heavy atom. The van der Waals surface area contributed by atoms with Crippen molar-refractivity contribution in [1.29, 1.82) is 0 Å². The molecule has 0 radical (unpaired) electrons. The summed E-state index contributed by atoms with van der Waals surface area (Å²) in [6.45, 7) is 0. The molecule has 3 aromatic rings. The molecule has 0 atom stereocenters. The number of carboxylic acids is 1. The van der Waals surface area contributed by atoms with E-state index in [1.165, 1.54) is 0 Å². The summed E-state index contributed by atoms with van der Waals surface area (Å²) in [5.41, 5.74) is 4.91. The van der Waals surface area contributed by atoms with E-state index in [2.05, 4.69) is 15.2 Å². The Hall–Kier alpha value is -2.88. The number of aromatic amines is 1. The molecule has 0 aliphatic carbocycles. The van der Waals surface area contributed by atoms with Gasteiger partial charge in [-0.15, -0.1) is 5.10 Å². The second-order valence-electron chi connectivity index (χ2n) is 5.40. The van der Waals surface area contributed by atoms with Gasteiger partial charge >= 0.3 is 5.97 Å². The Kier molecular flexibility index (Phi) is 5.52. The van der Waals surface area contributed by atoms with Crippen molar-refractivity contribution >= 4 is 23.4 Å². The molecule has 0 fully saturated rings. The highest BCUT2D eigenvalue weighted by Gasteiger charge is 2.13. The fourth-order valence-electron chi connectivity index (χ4n) is 2.41. The van der Waals surface area contributed by atoms with Crippen molar-refractivity contribution in [2.75, 3.05) is 12.9 Å². The van der Waals surface area contributed by atoms with Crippen LogP contribution in [-0.2, 0) is 9.63 Å². The zero-order chi connectivity index (χ0) is 18.5. The van der Waals surface area contributed by atoms with E-state index in [4.69, 9.17) is 9.94 Å². The monoisotopic (exact) mass is 373 g/mol.